The minimum atomic E-state index is -0.157. The predicted octanol–water partition coefficient (Wildman–Crippen LogP) is 4.42. The molecule has 1 saturated heterocycles. The number of piperazine rings is 1. The number of nitrogens with one attached hydrogen (secondary N) is 1. The minimum Gasteiger partial charge on any atom is -0.497 e. The lowest BCUT2D eigenvalue weighted by Crippen LogP contribution is -2.48. The van der Waals surface area contributed by atoms with E-state index in [2.05, 4.69) is 21.2 Å². The molecule has 2 aromatic rings. The van der Waals surface area contributed by atoms with Crippen LogP contribution in [0, 0.1) is 0 Å². The Hall–Kier alpha value is -1.66. The van der Waals surface area contributed by atoms with Gasteiger partial charge < -0.3 is 15.0 Å². The summed E-state index contributed by atoms with van der Waals surface area (Å²) < 4.78 is 5.28. The fourth-order valence-electron chi connectivity index (χ4n) is 3.02. The van der Waals surface area contributed by atoms with Gasteiger partial charge in [0.25, 0.3) is 0 Å². The van der Waals surface area contributed by atoms with Crippen molar-refractivity contribution in [2.45, 2.75) is 0 Å². The van der Waals surface area contributed by atoms with Crippen molar-refractivity contribution >= 4 is 52.1 Å². The van der Waals surface area contributed by atoms with Gasteiger partial charge in [-0.05, 0) is 24.3 Å². The van der Waals surface area contributed by atoms with Crippen LogP contribution in [-0.2, 0) is 4.79 Å². The van der Waals surface area contributed by atoms with E-state index in [1.165, 1.54) is 0 Å². The normalized spacial score (nSPS) is 14.9. The molecule has 1 heterocycles. The lowest BCUT2D eigenvalue weighted by Gasteiger charge is -2.35. The number of nitrogens with zero attached hydrogens (tertiary/aromatic N) is 2. The average molecular weight is 429 g/mol. The first-order chi connectivity index (χ1) is 13.0. The SMILES string of the molecule is COc1cccc(N2CCN(CC(=O)Nc3c(Cl)cc(Cl)cc3Cl)CC2)c1. The Morgan fingerprint density at radius 3 is 2.37 bits per heavy atom. The van der Waals surface area contributed by atoms with Crippen LogP contribution in [0.15, 0.2) is 36.4 Å². The molecule has 3 rings (SSSR count). The Morgan fingerprint density at radius 1 is 1.07 bits per heavy atom. The van der Waals surface area contributed by atoms with Crippen molar-refractivity contribution in [2.24, 2.45) is 0 Å². The molecule has 2 aromatic carbocycles. The van der Waals surface area contributed by atoms with Gasteiger partial charge in [-0.2, -0.15) is 0 Å². The molecule has 0 atom stereocenters. The summed E-state index contributed by atoms with van der Waals surface area (Å²) in [6, 6.07) is 11.1. The van der Waals surface area contributed by atoms with Crippen molar-refractivity contribution in [1.29, 1.82) is 0 Å². The maximum absolute atomic E-state index is 12.4. The minimum absolute atomic E-state index is 0.157. The summed E-state index contributed by atoms with van der Waals surface area (Å²) in [6.07, 6.45) is 0. The van der Waals surface area contributed by atoms with E-state index in [-0.39, 0.29) is 12.5 Å². The lowest BCUT2D eigenvalue weighted by molar-refractivity contribution is -0.117. The van der Waals surface area contributed by atoms with E-state index in [0.717, 1.165) is 37.6 Å². The van der Waals surface area contributed by atoms with E-state index in [9.17, 15) is 4.79 Å². The Morgan fingerprint density at radius 2 is 1.74 bits per heavy atom. The van der Waals surface area contributed by atoms with E-state index in [0.29, 0.717) is 20.8 Å². The molecule has 8 heteroatoms. The maximum Gasteiger partial charge on any atom is 0.238 e. The topological polar surface area (TPSA) is 44.8 Å². The van der Waals surface area contributed by atoms with Gasteiger partial charge in [0.1, 0.15) is 5.75 Å². The highest BCUT2D eigenvalue weighted by Crippen LogP contribution is 2.33. The highest BCUT2D eigenvalue weighted by molar-refractivity contribution is 6.42. The van der Waals surface area contributed by atoms with Crippen LogP contribution in [-0.4, -0.2) is 50.6 Å². The second kappa shape index (κ2) is 9.02. The molecule has 1 N–H and O–H groups in total. The molecule has 0 radical (unpaired) electrons. The van der Waals surface area contributed by atoms with E-state index < -0.39 is 0 Å². The fourth-order valence-corrected chi connectivity index (χ4v) is 3.93. The number of rotatable bonds is 5. The van der Waals surface area contributed by atoms with Crippen molar-refractivity contribution in [1.82, 2.24) is 4.90 Å². The number of benzene rings is 2. The van der Waals surface area contributed by atoms with Crippen LogP contribution in [0.5, 0.6) is 5.75 Å². The Labute approximate surface area is 173 Å². The second-order valence-corrected chi connectivity index (χ2v) is 7.51. The summed E-state index contributed by atoms with van der Waals surface area (Å²) in [5.74, 6) is 0.682. The van der Waals surface area contributed by atoms with E-state index in [1.54, 1.807) is 19.2 Å². The number of methoxy groups -OCH3 is 1. The Balaban J connectivity index is 1.54. The summed E-state index contributed by atoms with van der Waals surface area (Å²) in [4.78, 5) is 16.8. The molecule has 0 saturated carbocycles. The zero-order chi connectivity index (χ0) is 19.4. The quantitative estimate of drug-likeness (QED) is 0.766. The van der Waals surface area contributed by atoms with Gasteiger partial charge in [-0.25, -0.2) is 0 Å². The standard InChI is InChI=1S/C19H20Cl3N3O2/c1-27-15-4-2-3-14(11-15)25-7-5-24(6-8-25)12-18(26)23-19-16(21)9-13(20)10-17(19)22/h2-4,9-11H,5-8,12H2,1H3,(H,23,26). The van der Waals surface area contributed by atoms with Crippen molar-refractivity contribution in [3.63, 3.8) is 0 Å². The molecule has 5 nitrogen and oxygen atoms in total. The number of carbonyl (C=O) groups excluding carboxylic acids is 1. The summed E-state index contributed by atoms with van der Waals surface area (Å²) in [5.41, 5.74) is 1.51. The molecule has 0 aliphatic carbocycles. The van der Waals surface area contributed by atoms with Gasteiger partial charge in [-0.3, -0.25) is 9.69 Å². The molecule has 144 valence electrons. The van der Waals surface area contributed by atoms with Crippen molar-refractivity contribution in [3.05, 3.63) is 51.5 Å². The first-order valence-corrected chi connectivity index (χ1v) is 9.65. The van der Waals surface area contributed by atoms with Crippen molar-refractivity contribution in [2.75, 3.05) is 50.1 Å². The van der Waals surface area contributed by atoms with Gasteiger partial charge in [0.15, 0.2) is 0 Å². The Bertz CT molecular complexity index is 801. The van der Waals surface area contributed by atoms with Gasteiger partial charge in [0.2, 0.25) is 5.91 Å². The van der Waals surface area contributed by atoms with Crippen LogP contribution in [0.4, 0.5) is 11.4 Å². The molecule has 0 unspecified atom stereocenters. The van der Waals surface area contributed by atoms with E-state index >= 15 is 0 Å². The third-order valence-electron chi connectivity index (χ3n) is 4.43. The molecule has 0 bridgehead atoms. The molecule has 1 amide bonds. The molecule has 1 fully saturated rings. The lowest BCUT2D eigenvalue weighted by atomic mass is 10.2. The smallest absolute Gasteiger partial charge is 0.238 e. The van der Waals surface area contributed by atoms with Crippen LogP contribution >= 0.6 is 34.8 Å². The zero-order valence-electron chi connectivity index (χ0n) is 14.8. The zero-order valence-corrected chi connectivity index (χ0v) is 17.1. The van der Waals surface area contributed by atoms with Gasteiger partial charge in [-0.15, -0.1) is 0 Å². The number of amides is 1. The molecule has 1 aliphatic heterocycles. The van der Waals surface area contributed by atoms with Crippen LogP contribution in [0.3, 0.4) is 0 Å². The Kier molecular flexibility index (Phi) is 6.71. The molecular formula is C19H20Cl3N3O2. The van der Waals surface area contributed by atoms with E-state index in [1.807, 2.05) is 18.2 Å². The number of carbonyl (C=O) groups is 1. The summed E-state index contributed by atoms with van der Waals surface area (Å²) in [6.45, 7) is 3.52. The first-order valence-electron chi connectivity index (χ1n) is 8.52. The molecule has 1 aliphatic rings. The van der Waals surface area contributed by atoms with Gasteiger partial charge >= 0.3 is 0 Å². The van der Waals surface area contributed by atoms with Gasteiger partial charge in [0.05, 0.1) is 29.4 Å². The third-order valence-corrected chi connectivity index (χ3v) is 5.24. The summed E-state index contributed by atoms with van der Waals surface area (Å²) in [7, 11) is 1.66. The number of anilines is 2. The van der Waals surface area contributed by atoms with Crippen LogP contribution in [0.25, 0.3) is 0 Å². The van der Waals surface area contributed by atoms with Crippen LogP contribution in [0.1, 0.15) is 0 Å². The summed E-state index contributed by atoms with van der Waals surface area (Å²) in [5, 5.41) is 3.85. The number of hydrogen-bond donors (Lipinski definition) is 1. The fraction of sp³-hybridized carbons (Fsp3) is 0.316. The third kappa shape index (κ3) is 5.20. The van der Waals surface area contributed by atoms with Gasteiger partial charge in [0, 0.05) is 43.0 Å². The highest BCUT2D eigenvalue weighted by Gasteiger charge is 2.20. The van der Waals surface area contributed by atoms with Crippen molar-refractivity contribution in [3.8, 4) is 5.75 Å². The number of hydrogen-bond acceptors (Lipinski definition) is 4. The monoisotopic (exact) mass is 427 g/mol. The largest absolute Gasteiger partial charge is 0.497 e. The molecule has 0 aromatic heterocycles. The number of halogens is 3. The van der Waals surface area contributed by atoms with Crippen LogP contribution < -0.4 is 15.0 Å². The maximum atomic E-state index is 12.4. The average Bonchev–Trinajstić information content (AvgIpc) is 2.65. The van der Waals surface area contributed by atoms with E-state index in [4.69, 9.17) is 39.5 Å². The predicted molar refractivity (Wildman–Crippen MR) is 112 cm³/mol. The summed E-state index contributed by atoms with van der Waals surface area (Å²) >= 11 is 18.1. The number of ether oxygens (including phenoxy) is 1. The molecule has 27 heavy (non-hydrogen) atoms. The second-order valence-electron chi connectivity index (χ2n) is 6.26. The molecular weight excluding hydrogens is 409 g/mol. The van der Waals surface area contributed by atoms with Gasteiger partial charge in [-0.1, -0.05) is 40.9 Å². The van der Waals surface area contributed by atoms with Crippen LogP contribution in [0.2, 0.25) is 15.1 Å². The van der Waals surface area contributed by atoms with Crippen molar-refractivity contribution < 1.29 is 9.53 Å². The first kappa shape index (κ1) is 20.1. The molecule has 0 spiro atoms. The highest BCUT2D eigenvalue weighted by atomic mass is 35.5.